The molecule has 0 aliphatic heterocycles. The Morgan fingerprint density at radius 3 is 2.81 bits per heavy atom. The molecule has 0 bridgehead atoms. The van der Waals surface area contributed by atoms with Crippen molar-refractivity contribution in [3.05, 3.63) is 70.4 Å². The molecule has 1 nitrogen and oxygen atoms in total. The zero-order valence-electron chi connectivity index (χ0n) is 12.2. The van der Waals surface area contributed by atoms with Crippen LogP contribution in [0.25, 0.3) is 10.1 Å². The quantitative estimate of drug-likeness (QED) is 0.711. The highest BCUT2D eigenvalue weighted by Crippen LogP contribution is 2.32. The molecule has 2 aromatic carbocycles. The van der Waals surface area contributed by atoms with Crippen LogP contribution in [-0.4, -0.2) is 6.54 Å². The van der Waals surface area contributed by atoms with Crippen molar-refractivity contribution in [3.8, 4) is 0 Å². The van der Waals surface area contributed by atoms with E-state index in [2.05, 4.69) is 48.0 Å². The van der Waals surface area contributed by atoms with Gasteiger partial charge in [-0.3, -0.25) is 0 Å². The Morgan fingerprint density at radius 1 is 1.19 bits per heavy atom. The first-order valence-corrected chi connectivity index (χ1v) is 8.03. The van der Waals surface area contributed by atoms with E-state index in [0.29, 0.717) is 0 Å². The Labute approximate surface area is 128 Å². The van der Waals surface area contributed by atoms with Gasteiger partial charge in [0.05, 0.1) is 6.04 Å². The fourth-order valence-electron chi connectivity index (χ4n) is 2.79. The van der Waals surface area contributed by atoms with Crippen molar-refractivity contribution >= 4 is 21.4 Å². The van der Waals surface area contributed by atoms with Crippen LogP contribution >= 0.6 is 11.3 Å². The molecule has 0 amide bonds. The number of fused-ring (bicyclic) bond motifs is 1. The van der Waals surface area contributed by atoms with Gasteiger partial charge in [-0.25, -0.2) is 4.39 Å². The summed E-state index contributed by atoms with van der Waals surface area (Å²) >= 11 is 1.74. The Balaban J connectivity index is 2.15. The molecule has 0 aliphatic carbocycles. The predicted octanol–water partition coefficient (Wildman–Crippen LogP) is 5.05. The maximum absolute atomic E-state index is 13.8. The molecule has 0 saturated carbocycles. The third kappa shape index (κ3) is 2.85. The lowest BCUT2D eigenvalue weighted by atomic mass is 9.96. The van der Waals surface area contributed by atoms with Crippen molar-refractivity contribution in [2.75, 3.05) is 6.54 Å². The van der Waals surface area contributed by atoms with Gasteiger partial charge < -0.3 is 5.32 Å². The van der Waals surface area contributed by atoms with Gasteiger partial charge in [0.15, 0.2) is 0 Å². The molecule has 3 rings (SSSR count). The summed E-state index contributed by atoms with van der Waals surface area (Å²) < 4.78 is 15.0. The van der Waals surface area contributed by atoms with Crippen molar-refractivity contribution in [1.29, 1.82) is 0 Å². The molecular weight excluding hydrogens is 281 g/mol. The first kappa shape index (κ1) is 14.2. The van der Waals surface area contributed by atoms with Gasteiger partial charge in [-0.15, -0.1) is 11.3 Å². The normalized spacial score (nSPS) is 12.7. The molecule has 3 aromatic rings. The van der Waals surface area contributed by atoms with E-state index in [1.54, 1.807) is 23.5 Å². The van der Waals surface area contributed by atoms with Gasteiger partial charge in [0.25, 0.3) is 0 Å². The van der Waals surface area contributed by atoms with E-state index in [9.17, 15) is 4.39 Å². The largest absolute Gasteiger partial charge is 0.306 e. The Kier molecular flexibility index (Phi) is 4.04. The van der Waals surface area contributed by atoms with Crippen LogP contribution in [0.15, 0.2) is 47.8 Å². The summed E-state index contributed by atoms with van der Waals surface area (Å²) in [6.45, 7) is 4.84. The SMILES string of the molecule is CCNC(c1cc(C)cc(F)c1)c1cccc2ccsc12. The number of hydrogen-bond acceptors (Lipinski definition) is 2. The molecule has 0 aliphatic rings. The van der Waals surface area contributed by atoms with Crippen LogP contribution in [0, 0.1) is 12.7 Å². The van der Waals surface area contributed by atoms with Gasteiger partial charge in [-0.05, 0) is 59.1 Å². The maximum Gasteiger partial charge on any atom is 0.123 e. The molecule has 1 aromatic heterocycles. The van der Waals surface area contributed by atoms with E-state index in [1.807, 2.05) is 6.92 Å². The van der Waals surface area contributed by atoms with Crippen molar-refractivity contribution < 1.29 is 4.39 Å². The summed E-state index contributed by atoms with van der Waals surface area (Å²) in [4.78, 5) is 0. The molecule has 0 fully saturated rings. The summed E-state index contributed by atoms with van der Waals surface area (Å²) in [5.41, 5.74) is 3.15. The summed E-state index contributed by atoms with van der Waals surface area (Å²) in [6, 6.07) is 13.7. The molecule has 0 radical (unpaired) electrons. The second-order valence-corrected chi connectivity index (χ2v) is 6.15. The average molecular weight is 299 g/mol. The van der Waals surface area contributed by atoms with E-state index in [0.717, 1.165) is 17.7 Å². The van der Waals surface area contributed by atoms with Gasteiger partial charge in [-0.1, -0.05) is 31.2 Å². The van der Waals surface area contributed by atoms with E-state index in [1.165, 1.54) is 15.6 Å². The van der Waals surface area contributed by atoms with Crippen LogP contribution in [0.4, 0.5) is 4.39 Å². The standard InChI is InChI=1S/C18H18FNS/c1-3-20-17(14-9-12(2)10-15(19)11-14)16-6-4-5-13-7-8-21-18(13)16/h4-11,17,20H,3H2,1-2H3. The van der Waals surface area contributed by atoms with Crippen molar-refractivity contribution in [3.63, 3.8) is 0 Å². The Hall–Kier alpha value is -1.71. The highest BCUT2D eigenvalue weighted by Gasteiger charge is 2.17. The number of rotatable bonds is 4. The zero-order chi connectivity index (χ0) is 14.8. The molecule has 1 unspecified atom stereocenters. The zero-order valence-corrected chi connectivity index (χ0v) is 13.0. The predicted molar refractivity (Wildman–Crippen MR) is 88.5 cm³/mol. The van der Waals surface area contributed by atoms with Crippen LogP contribution in [0.2, 0.25) is 0 Å². The van der Waals surface area contributed by atoms with E-state index >= 15 is 0 Å². The van der Waals surface area contributed by atoms with Crippen molar-refractivity contribution in [2.24, 2.45) is 0 Å². The fraction of sp³-hybridized carbons (Fsp3) is 0.222. The van der Waals surface area contributed by atoms with Crippen LogP contribution in [-0.2, 0) is 0 Å². The summed E-state index contributed by atoms with van der Waals surface area (Å²) in [5, 5.41) is 6.84. The molecule has 0 spiro atoms. The van der Waals surface area contributed by atoms with Crippen LogP contribution in [0.3, 0.4) is 0 Å². The number of aryl methyl sites for hydroxylation is 1. The minimum absolute atomic E-state index is 0.0201. The highest BCUT2D eigenvalue weighted by molar-refractivity contribution is 7.17. The number of halogens is 1. The number of thiophene rings is 1. The summed E-state index contributed by atoms with van der Waals surface area (Å²) in [6.07, 6.45) is 0. The smallest absolute Gasteiger partial charge is 0.123 e. The van der Waals surface area contributed by atoms with E-state index < -0.39 is 0 Å². The maximum atomic E-state index is 13.8. The number of benzene rings is 2. The Morgan fingerprint density at radius 2 is 2.05 bits per heavy atom. The first-order chi connectivity index (χ1) is 10.2. The topological polar surface area (TPSA) is 12.0 Å². The highest BCUT2D eigenvalue weighted by atomic mass is 32.1. The van der Waals surface area contributed by atoms with Crippen LogP contribution < -0.4 is 5.32 Å². The lowest BCUT2D eigenvalue weighted by Gasteiger charge is -2.20. The van der Waals surface area contributed by atoms with Crippen LogP contribution in [0.1, 0.15) is 29.7 Å². The molecule has 21 heavy (non-hydrogen) atoms. The lowest BCUT2D eigenvalue weighted by Crippen LogP contribution is -2.22. The molecule has 0 saturated heterocycles. The summed E-state index contributed by atoms with van der Waals surface area (Å²) in [5.74, 6) is -0.175. The second-order valence-electron chi connectivity index (χ2n) is 5.24. The average Bonchev–Trinajstić information content (AvgIpc) is 2.92. The number of hydrogen-bond donors (Lipinski definition) is 1. The molecule has 108 valence electrons. The number of nitrogens with one attached hydrogen (secondary N) is 1. The monoisotopic (exact) mass is 299 g/mol. The van der Waals surface area contributed by atoms with E-state index in [4.69, 9.17) is 0 Å². The minimum Gasteiger partial charge on any atom is -0.306 e. The van der Waals surface area contributed by atoms with Gasteiger partial charge in [0.2, 0.25) is 0 Å². The molecule has 3 heteroatoms. The molecule has 1 heterocycles. The van der Waals surface area contributed by atoms with Gasteiger partial charge >= 0.3 is 0 Å². The minimum atomic E-state index is -0.175. The first-order valence-electron chi connectivity index (χ1n) is 7.15. The summed E-state index contributed by atoms with van der Waals surface area (Å²) in [7, 11) is 0. The Bertz CT molecular complexity index is 743. The fourth-order valence-corrected chi connectivity index (χ4v) is 3.73. The van der Waals surface area contributed by atoms with E-state index in [-0.39, 0.29) is 11.9 Å². The molecule has 1 atom stereocenters. The lowest BCUT2D eigenvalue weighted by molar-refractivity contribution is 0.603. The van der Waals surface area contributed by atoms with Crippen LogP contribution in [0.5, 0.6) is 0 Å². The molecule has 1 N–H and O–H groups in total. The third-order valence-electron chi connectivity index (χ3n) is 3.63. The van der Waals surface area contributed by atoms with Gasteiger partial charge in [0, 0.05) is 4.70 Å². The van der Waals surface area contributed by atoms with Gasteiger partial charge in [-0.2, -0.15) is 0 Å². The van der Waals surface area contributed by atoms with Crippen molar-refractivity contribution in [2.45, 2.75) is 19.9 Å². The third-order valence-corrected chi connectivity index (χ3v) is 4.61. The van der Waals surface area contributed by atoms with Gasteiger partial charge in [0.1, 0.15) is 5.82 Å². The molecular formula is C18H18FNS. The van der Waals surface area contributed by atoms with Crippen molar-refractivity contribution in [1.82, 2.24) is 5.32 Å². The second kappa shape index (κ2) is 5.96.